The Kier molecular flexibility index (Phi) is 1.89. The van der Waals surface area contributed by atoms with E-state index in [0.717, 1.165) is 19.3 Å². The van der Waals surface area contributed by atoms with Crippen LogP contribution in [0.15, 0.2) is 0 Å². The highest BCUT2D eigenvalue weighted by Crippen LogP contribution is 2.64. The summed E-state index contributed by atoms with van der Waals surface area (Å²) >= 11 is 0. The lowest BCUT2D eigenvalue weighted by molar-refractivity contribution is -0.191. The van der Waals surface area contributed by atoms with Gasteiger partial charge in [0.05, 0.1) is 11.7 Å². The first-order valence-electron chi connectivity index (χ1n) is 5.62. The molecule has 2 saturated carbocycles. The molecular weight excluding hydrogens is 176 g/mol. The Hall–Kier alpha value is -0.0800. The van der Waals surface area contributed by atoms with Crippen molar-refractivity contribution in [2.24, 2.45) is 16.7 Å². The fourth-order valence-electron chi connectivity index (χ4n) is 3.77. The summed E-state index contributed by atoms with van der Waals surface area (Å²) in [4.78, 5) is 0. The third-order valence-corrected chi connectivity index (χ3v) is 5.36. The molecule has 0 aromatic carbocycles. The fourth-order valence-corrected chi connectivity index (χ4v) is 3.77. The molecule has 0 aromatic rings. The van der Waals surface area contributed by atoms with Gasteiger partial charge in [-0.1, -0.05) is 20.8 Å². The average Bonchev–Trinajstić information content (AvgIpc) is 2.21. The summed E-state index contributed by atoms with van der Waals surface area (Å²) < 4.78 is 0. The molecule has 2 N–H and O–H groups in total. The molecule has 2 fully saturated rings. The lowest BCUT2D eigenvalue weighted by atomic mass is 9.54. The van der Waals surface area contributed by atoms with Crippen LogP contribution in [0.2, 0.25) is 0 Å². The molecule has 2 bridgehead atoms. The van der Waals surface area contributed by atoms with Crippen LogP contribution in [0, 0.1) is 16.7 Å². The van der Waals surface area contributed by atoms with Gasteiger partial charge in [-0.2, -0.15) is 0 Å². The molecule has 0 spiro atoms. The number of hydrogen-bond donors (Lipinski definition) is 2. The molecular formula is C12H22O2. The van der Waals surface area contributed by atoms with Gasteiger partial charge >= 0.3 is 0 Å². The van der Waals surface area contributed by atoms with Crippen LogP contribution in [-0.4, -0.2) is 21.9 Å². The van der Waals surface area contributed by atoms with E-state index < -0.39 is 11.7 Å². The normalized spacial score (nSPS) is 56.1. The molecule has 2 aliphatic carbocycles. The first-order valence-corrected chi connectivity index (χ1v) is 5.62. The van der Waals surface area contributed by atoms with Crippen LogP contribution in [0.5, 0.6) is 0 Å². The Morgan fingerprint density at radius 3 is 2.29 bits per heavy atom. The topological polar surface area (TPSA) is 40.5 Å². The molecule has 2 heteroatoms. The molecule has 4 atom stereocenters. The largest absolute Gasteiger partial charge is 0.390 e. The van der Waals surface area contributed by atoms with Crippen LogP contribution in [0.4, 0.5) is 0 Å². The summed E-state index contributed by atoms with van der Waals surface area (Å²) in [6.07, 6.45) is 2.36. The van der Waals surface area contributed by atoms with Gasteiger partial charge in [0.1, 0.15) is 0 Å². The van der Waals surface area contributed by atoms with Crippen molar-refractivity contribution >= 4 is 0 Å². The maximum absolute atomic E-state index is 10.3. The zero-order valence-corrected chi connectivity index (χ0v) is 9.67. The molecule has 0 unspecified atom stereocenters. The van der Waals surface area contributed by atoms with Crippen molar-refractivity contribution in [3.05, 3.63) is 0 Å². The van der Waals surface area contributed by atoms with Gasteiger partial charge in [0.15, 0.2) is 0 Å². The second kappa shape index (κ2) is 2.53. The Morgan fingerprint density at radius 2 is 1.71 bits per heavy atom. The lowest BCUT2D eigenvalue weighted by Crippen LogP contribution is -2.59. The molecule has 0 radical (unpaired) electrons. The first kappa shape index (κ1) is 10.4. The van der Waals surface area contributed by atoms with E-state index in [9.17, 15) is 10.2 Å². The van der Waals surface area contributed by atoms with Gasteiger partial charge in [0, 0.05) is 5.41 Å². The van der Waals surface area contributed by atoms with Crippen LogP contribution in [0.1, 0.15) is 47.0 Å². The standard InChI is InChI=1S/C12H22O2/c1-10(2)8-5-6-11(10,3)9(13)12(4,14)7-8/h8-9,13-14H,5-7H2,1-4H3/t8-,9-,11+,12+/m1/s1. The van der Waals surface area contributed by atoms with Gasteiger partial charge in [0.25, 0.3) is 0 Å². The highest BCUT2D eigenvalue weighted by atomic mass is 16.3. The van der Waals surface area contributed by atoms with Crippen LogP contribution in [0.3, 0.4) is 0 Å². The number of fused-ring (bicyclic) bond motifs is 2. The number of aliphatic hydroxyl groups is 2. The Morgan fingerprint density at radius 1 is 1.14 bits per heavy atom. The highest BCUT2D eigenvalue weighted by Gasteiger charge is 2.63. The molecule has 0 saturated heterocycles. The Balaban J connectivity index is 2.44. The third kappa shape index (κ3) is 0.989. The van der Waals surface area contributed by atoms with E-state index in [4.69, 9.17) is 0 Å². The van der Waals surface area contributed by atoms with Crippen molar-refractivity contribution in [2.45, 2.75) is 58.7 Å². The minimum absolute atomic E-state index is 0.112. The second-order valence-corrected chi connectivity index (χ2v) is 6.34. The van der Waals surface area contributed by atoms with Crippen molar-refractivity contribution in [2.75, 3.05) is 0 Å². The number of hydrogen-bond acceptors (Lipinski definition) is 2. The lowest BCUT2D eigenvalue weighted by Gasteiger charge is -2.54. The molecule has 0 aromatic heterocycles. The van der Waals surface area contributed by atoms with Crippen molar-refractivity contribution in [3.63, 3.8) is 0 Å². The van der Waals surface area contributed by atoms with Crippen LogP contribution < -0.4 is 0 Å². The maximum Gasteiger partial charge on any atom is 0.0885 e. The molecule has 2 aliphatic rings. The van der Waals surface area contributed by atoms with E-state index in [1.165, 1.54) is 0 Å². The quantitative estimate of drug-likeness (QED) is 0.624. The van der Waals surface area contributed by atoms with Gasteiger partial charge < -0.3 is 10.2 Å². The first-order chi connectivity index (χ1) is 6.22. The zero-order valence-electron chi connectivity index (χ0n) is 9.67. The van der Waals surface area contributed by atoms with Crippen molar-refractivity contribution in [3.8, 4) is 0 Å². The molecule has 82 valence electrons. The number of rotatable bonds is 0. The number of aliphatic hydroxyl groups excluding tert-OH is 1. The molecule has 2 nitrogen and oxygen atoms in total. The summed E-state index contributed by atoms with van der Waals surface area (Å²) in [6, 6.07) is 0. The summed E-state index contributed by atoms with van der Waals surface area (Å²) in [7, 11) is 0. The minimum atomic E-state index is -0.883. The van der Waals surface area contributed by atoms with Gasteiger partial charge in [0.2, 0.25) is 0 Å². The summed E-state index contributed by atoms with van der Waals surface area (Å²) in [5, 5.41) is 20.4. The SMILES string of the molecule is CC1(C)[C@@H]2CC[C@@]1(C)[C@@H](O)[C@@](C)(O)C2. The van der Waals surface area contributed by atoms with Gasteiger partial charge in [-0.25, -0.2) is 0 Å². The average molecular weight is 198 g/mol. The summed E-state index contributed by atoms with van der Waals surface area (Å²) in [6.45, 7) is 8.39. The Bertz CT molecular complexity index is 257. The van der Waals surface area contributed by atoms with Crippen LogP contribution in [0.25, 0.3) is 0 Å². The maximum atomic E-state index is 10.3. The highest BCUT2D eigenvalue weighted by molar-refractivity contribution is 5.13. The van der Waals surface area contributed by atoms with Crippen molar-refractivity contribution < 1.29 is 10.2 Å². The zero-order chi connectivity index (χ0) is 10.8. The van der Waals surface area contributed by atoms with E-state index in [1.54, 1.807) is 6.92 Å². The monoisotopic (exact) mass is 198 g/mol. The van der Waals surface area contributed by atoms with E-state index >= 15 is 0 Å². The Labute approximate surface area is 86.3 Å². The van der Waals surface area contributed by atoms with Gasteiger partial charge in [-0.15, -0.1) is 0 Å². The van der Waals surface area contributed by atoms with Crippen LogP contribution in [-0.2, 0) is 0 Å². The van der Waals surface area contributed by atoms with E-state index in [-0.39, 0.29) is 10.8 Å². The summed E-state index contributed by atoms with van der Waals surface area (Å²) in [5.74, 6) is 0.561. The van der Waals surface area contributed by atoms with Crippen molar-refractivity contribution in [1.82, 2.24) is 0 Å². The molecule has 14 heavy (non-hydrogen) atoms. The van der Waals surface area contributed by atoms with E-state index in [0.29, 0.717) is 5.92 Å². The molecule has 0 aliphatic heterocycles. The van der Waals surface area contributed by atoms with Crippen LogP contribution >= 0.6 is 0 Å². The molecule has 2 rings (SSSR count). The molecule has 0 heterocycles. The van der Waals surface area contributed by atoms with E-state index in [2.05, 4.69) is 20.8 Å². The smallest absolute Gasteiger partial charge is 0.0885 e. The van der Waals surface area contributed by atoms with E-state index in [1.807, 2.05) is 0 Å². The molecule has 0 amide bonds. The fraction of sp³-hybridized carbons (Fsp3) is 1.00. The summed E-state index contributed by atoms with van der Waals surface area (Å²) in [5.41, 5.74) is -0.834. The predicted octanol–water partition coefficient (Wildman–Crippen LogP) is 1.94. The van der Waals surface area contributed by atoms with Crippen molar-refractivity contribution in [1.29, 1.82) is 0 Å². The minimum Gasteiger partial charge on any atom is -0.390 e. The van der Waals surface area contributed by atoms with Gasteiger partial charge in [-0.3, -0.25) is 0 Å². The van der Waals surface area contributed by atoms with Gasteiger partial charge in [-0.05, 0) is 37.5 Å². The predicted molar refractivity (Wildman–Crippen MR) is 55.9 cm³/mol. The second-order valence-electron chi connectivity index (χ2n) is 6.34. The third-order valence-electron chi connectivity index (χ3n) is 5.36.